The van der Waals surface area contributed by atoms with Gasteiger partial charge < -0.3 is 14.5 Å². The zero-order valence-electron chi connectivity index (χ0n) is 22.6. The highest BCUT2D eigenvalue weighted by Gasteiger charge is 2.33. The van der Waals surface area contributed by atoms with Crippen LogP contribution in [-0.2, 0) is 0 Å². The SMILES string of the molecule is Cc1cc(C)c(N2CCN(c3c(C)cc(C)cc3C)C2/C=C/c2ccccc2OC(C)C)c(C)c1. The minimum atomic E-state index is 0.113. The van der Waals surface area contributed by atoms with E-state index in [9.17, 15) is 0 Å². The summed E-state index contributed by atoms with van der Waals surface area (Å²) in [6, 6.07) is 17.6. The standard InChI is InChI=1S/C32H40N2O/c1-21(2)35-29-12-10-9-11-28(29)13-14-30-33(31-24(5)17-22(3)18-25(31)6)15-16-34(30)32-26(7)19-23(4)20-27(32)8/h9-14,17-21,30H,15-16H2,1-8H3/b14-13+. The Morgan fingerprint density at radius 2 is 1.20 bits per heavy atom. The van der Waals surface area contributed by atoms with Crippen LogP contribution in [0.2, 0.25) is 0 Å². The summed E-state index contributed by atoms with van der Waals surface area (Å²) in [6.45, 7) is 19.5. The minimum absolute atomic E-state index is 0.113. The number of para-hydroxylation sites is 1. The van der Waals surface area contributed by atoms with E-state index in [2.05, 4.69) is 120 Å². The lowest BCUT2D eigenvalue weighted by Crippen LogP contribution is -2.38. The van der Waals surface area contributed by atoms with Crippen LogP contribution in [0.15, 0.2) is 54.6 Å². The van der Waals surface area contributed by atoms with E-state index in [1.54, 1.807) is 0 Å². The van der Waals surface area contributed by atoms with E-state index in [0.29, 0.717) is 0 Å². The van der Waals surface area contributed by atoms with Crippen molar-refractivity contribution in [3.8, 4) is 5.75 Å². The summed E-state index contributed by atoms with van der Waals surface area (Å²) in [5, 5.41) is 0. The van der Waals surface area contributed by atoms with Crippen LogP contribution in [-0.4, -0.2) is 25.4 Å². The summed E-state index contributed by atoms with van der Waals surface area (Å²) in [6.07, 6.45) is 4.85. The average molecular weight is 469 g/mol. The molecule has 0 aromatic heterocycles. The molecule has 0 N–H and O–H groups in total. The zero-order valence-corrected chi connectivity index (χ0v) is 22.6. The molecule has 0 amide bonds. The molecular formula is C32H40N2O. The average Bonchev–Trinajstić information content (AvgIpc) is 3.14. The van der Waals surface area contributed by atoms with Crippen molar-refractivity contribution in [1.29, 1.82) is 0 Å². The highest BCUT2D eigenvalue weighted by atomic mass is 16.5. The van der Waals surface area contributed by atoms with Gasteiger partial charge in [-0.3, -0.25) is 0 Å². The molecule has 1 fully saturated rings. The summed E-state index contributed by atoms with van der Waals surface area (Å²) in [4.78, 5) is 5.15. The second kappa shape index (κ2) is 10.2. The Hall–Kier alpha value is -3.20. The van der Waals surface area contributed by atoms with Crippen molar-refractivity contribution in [2.45, 2.75) is 67.7 Å². The van der Waals surface area contributed by atoms with Gasteiger partial charge in [0.1, 0.15) is 11.9 Å². The molecule has 0 atom stereocenters. The number of hydrogen-bond donors (Lipinski definition) is 0. The van der Waals surface area contributed by atoms with Crippen molar-refractivity contribution in [2.75, 3.05) is 22.9 Å². The third-order valence-electron chi connectivity index (χ3n) is 6.80. The van der Waals surface area contributed by atoms with Gasteiger partial charge in [-0.15, -0.1) is 0 Å². The van der Waals surface area contributed by atoms with E-state index >= 15 is 0 Å². The Morgan fingerprint density at radius 1 is 0.743 bits per heavy atom. The quantitative estimate of drug-likeness (QED) is 0.369. The van der Waals surface area contributed by atoms with Gasteiger partial charge in [-0.05, 0) is 89.8 Å². The van der Waals surface area contributed by atoms with E-state index in [1.165, 1.54) is 44.8 Å². The molecule has 1 aliphatic heterocycles. The molecule has 184 valence electrons. The van der Waals surface area contributed by atoms with Crippen molar-refractivity contribution in [3.63, 3.8) is 0 Å². The van der Waals surface area contributed by atoms with Crippen molar-refractivity contribution in [2.24, 2.45) is 0 Å². The predicted molar refractivity (Wildman–Crippen MR) is 151 cm³/mol. The number of rotatable bonds is 6. The third-order valence-corrected chi connectivity index (χ3v) is 6.80. The van der Waals surface area contributed by atoms with Crippen LogP contribution in [0.3, 0.4) is 0 Å². The second-order valence-corrected chi connectivity index (χ2v) is 10.4. The highest BCUT2D eigenvalue weighted by molar-refractivity contribution is 5.70. The fourth-order valence-corrected chi connectivity index (χ4v) is 5.76. The largest absolute Gasteiger partial charge is 0.490 e. The predicted octanol–water partition coefficient (Wildman–Crippen LogP) is 7.69. The normalized spacial score (nSPS) is 14.5. The monoisotopic (exact) mass is 468 g/mol. The van der Waals surface area contributed by atoms with E-state index in [4.69, 9.17) is 4.74 Å². The lowest BCUT2D eigenvalue weighted by molar-refractivity contribution is 0.242. The molecule has 0 aliphatic carbocycles. The van der Waals surface area contributed by atoms with E-state index in [-0.39, 0.29) is 12.3 Å². The first-order valence-electron chi connectivity index (χ1n) is 12.8. The van der Waals surface area contributed by atoms with Crippen LogP contribution in [0.4, 0.5) is 11.4 Å². The third kappa shape index (κ3) is 5.24. The first-order valence-corrected chi connectivity index (χ1v) is 12.8. The van der Waals surface area contributed by atoms with Gasteiger partial charge in [0, 0.05) is 30.0 Å². The zero-order chi connectivity index (χ0) is 25.3. The molecule has 3 aromatic carbocycles. The number of aryl methyl sites for hydroxylation is 6. The maximum absolute atomic E-state index is 6.11. The summed E-state index contributed by atoms with van der Waals surface area (Å²) < 4.78 is 6.11. The topological polar surface area (TPSA) is 15.7 Å². The van der Waals surface area contributed by atoms with E-state index in [0.717, 1.165) is 24.4 Å². The molecule has 1 aliphatic rings. The smallest absolute Gasteiger partial charge is 0.126 e. The highest BCUT2D eigenvalue weighted by Crippen LogP contribution is 2.37. The molecule has 1 heterocycles. The lowest BCUT2D eigenvalue weighted by atomic mass is 10.0. The van der Waals surface area contributed by atoms with Crippen molar-refractivity contribution in [1.82, 2.24) is 0 Å². The molecule has 3 nitrogen and oxygen atoms in total. The lowest BCUT2D eigenvalue weighted by Gasteiger charge is -2.34. The van der Waals surface area contributed by atoms with Crippen LogP contribution >= 0.6 is 0 Å². The minimum Gasteiger partial charge on any atom is -0.490 e. The van der Waals surface area contributed by atoms with Gasteiger partial charge in [0.2, 0.25) is 0 Å². The van der Waals surface area contributed by atoms with Crippen LogP contribution in [0, 0.1) is 41.5 Å². The molecule has 4 rings (SSSR count). The van der Waals surface area contributed by atoms with Gasteiger partial charge >= 0.3 is 0 Å². The number of ether oxygens (including phenoxy) is 1. The van der Waals surface area contributed by atoms with Crippen LogP contribution in [0.5, 0.6) is 5.75 Å². The first-order chi connectivity index (χ1) is 16.7. The molecule has 0 unspecified atom stereocenters. The van der Waals surface area contributed by atoms with Crippen molar-refractivity contribution < 1.29 is 4.74 Å². The molecular weight excluding hydrogens is 428 g/mol. The van der Waals surface area contributed by atoms with E-state index < -0.39 is 0 Å². The molecule has 35 heavy (non-hydrogen) atoms. The first kappa shape index (κ1) is 24.9. The molecule has 0 bridgehead atoms. The summed E-state index contributed by atoms with van der Waals surface area (Å²) in [5.74, 6) is 0.931. The Labute approximate surface area is 212 Å². The maximum atomic E-state index is 6.11. The van der Waals surface area contributed by atoms with Gasteiger partial charge in [-0.2, -0.15) is 0 Å². The van der Waals surface area contributed by atoms with Crippen molar-refractivity contribution >= 4 is 17.5 Å². The van der Waals surface area contributed by atoms with Crippen LogP contribution < -0.4 is 14.5 Å². The van der Waals surface area contributed by atoms with Gasteiger partial charge in [0.25, 0.3) is 0 Å². The maximum Gasteiger partial charge on any atom is 0.126 e. The molecule has 3 heteroatoms. The Bertz CT molecular complexity index is 1130. The van der Waals surface area contributed by atoms with Gasteiger partial charge in [-0.25, -0.2) is 0 Å². The summed E-state index contributed by atoms with van der Waals surface area (Å²) in [5.41, 5.74) is 11.8. The molecule has 3 aromatic rings. The number of anilines is 2. The van der Waals surface area contributed by atoms with E-state index in [1.807, 2.05) is 6.07 Å². The Balaban J connectivity index is 1.81. The van der Waals surface area contributed by atoms with Gasteiger partial charge in [-0.1, -0.05) is 59.7 Å². The number of benzene rings is 3. The molecule has 0 spiro atoms. The number of nitrogens with zero attached hydrogens (tertiary/aromatic N) is 2. The van der Waals surface area contributed by atoms with Crippen LogP contribution in [0.25, 0.3) is 6.08 Å². The summed E-state index contributed by atoms with van der Waals surface area (Å²) >= 11 is 0. The Kier molecular flexibility index (Phi) is 7.25. The molecule has 0 radical (unpaired) electrons. The van der Waals surface area contributed by atoms with Gasteiger partial charge in [0.15, 0.2) is 0 Å². The molecule has 0 saturated carbocycles. The fourth-order valence-electron chi connectivity index (χ4n) is 5.76. The number of hydrogen-bond acceptors (Lipinski definition) is 3. The molecule has 1 saturated heterocycles. The van der Waals surface area contributed by atoms with Crippen molar-refractivity contribution in [3.05, 3.63) is 93.6 Å². The Morgan fingerprint density at radius 3 is 1.66 bits per heavy atom. The summed E-state index contributed by atoms with van der Waals surface area (Å²) in [7, 11) is 0. The second-order valence-electron chi connectivity index (χ2n) is 10.4. The van der Waals surface area contributed by atoms with Crippen LogP contribution in [0.1, 0.15) is 52.8 Å². The van der Waals surface area contributed by atoms with Gasteiger partial charge in [0.05, 0.1) is 6.10 Å². The fraction of sp³-hybridized carbons (Fsp3) is 0.375.